The van der Waals surface area contributed by atoms with Gasteiger partial charge in [-0.3, -0.25) is 4.79 Å². The van der Waals surface area contributed by atoms with Crippen LogP contribution in [-0.4, -0.2) is 42.4 Å². The number of halogens is 1. The summed E-state index contributed by atoms with van der Waals surface area (Å²) in [7, 11) is 0. The van der Waals surface area contributed by atoms with E-state index in [4.69, 9.17) is 11.6 Å². The Balaban J connectivity index is 1.85. The molecule has 3 nitrogen and oxygen atoms in total. The van der Waals surface area contributed by atoms with Gasteiger partial charge < -0.3 is 10.2 Å². The molecule has 16 heavy (non-hydrogen) atoms. The lowest BCUT2D eigenvalue weighted by Gasteiger charge is -2.44. The summed E-state index contributed by atoms with van der Waals surface area (Å²) in [4.78, 5) is 13.8. The Morgan fingerprint density at radius 2 is 2.06 bits per heavy atom. The van der Waals surface area contributed by atoms with E-state index in [1.165, 1.54) is 45.2 Å². The molecule has 2 fully saturated rings. The van der Waals surface area contributed by atoms with Crippen LogP contribution in [0.2, 0.25) is 0 Å². The highest BCUT2D eigenvalue weighted by molar-refractivity contribution is 6.27. The van der Waals surface area contributed by atoms with Crippen LogP contribution >= 0.6 is 11.6 Å². The van der Waals surface area contributed by atoms with Crippen LogP contribution in [0.15, 0.2) is 0 Å². The first-order valence-electron chi connectivity index (χ1n) is 6.38. The highest BCUT2D eigenvalue weighted by atomic mass is 35.5. The molecular formula is C12H21ClN2O. The van der Waals surface area contributed by atoms with E-state index in [0.717, 1.165) is 6.54 Å². The molecule has 0 saturated carbocycles. The average Bonchev–Trinajstić information content (AvgIpc) is 2.35. The lowest BCUT2D eigenvalue weighted by molar-refractivity contribution is -0.119. The zero-order valence-electron chi connectivity index (χ0n) is 9.75. The van der Waals surface area contributed by atoms with Gasteiger partial charge in [-0.25, -0.2) is 0 Å². The third-order valence-corrected chi connectivity index (χ3v) is 4.15. The van der Waals surface area contributed by atoms with Crippen molar-refractivity contribution in [3.05, 3.63) is 0 Å². The van der Waals surface area contributed by atoms with Gasteiger partial charge in [-0.15, -0.1) is 11.6 Å². The first-order chi connectivity index (χ1) is 7.81. The summed E-state index contributed by atoms with van der Waals surface area (Å²) >= 11 is 5.48. The maximum atomic E-state index is 11.2. The van der Waals surface area contributed by atoms with Gasteiger partial charge in [-0.05, 0) is 44.7 Å². The number of fused-ring (bicyclic) bond motifs is 1. The van der Waals surface area contributed by atoms with E-state index in [0.29, 0.717) is 12.0 Å². The summed E-state index contributed by atoms with van der Waals surface area (Å²) in [6, 6.07) is 0.707. The number of hydrogen-bond donors (Lipinski definition) is 1. The maximum absolute atomic E-state index is 11.2. The van der Waals surface area contributed by atoms with Crippen molar-refractivity contribution in [1.82, 2.24) is 10.2 Å². The molecule has 2 rings (SSSR count). The third kappa shape index (κ3) is 2.89. The minimum Gasteiger partial charge on any atom is -0.355 e. The zero-order valence-corrected chi connectivity index (χ0v) is 10.5. The molecule has 0 spiro atoms. The van der Waals surface area contributed by atoms with E-state index < -0.39 is 0 Å². The zero-order chi connectivity index (χ0) is 11.4. The van der Waals surface area contributed by atoms with Crippen molar-refractivity contribution in [1.29, 1.82) is 0 Å². The van der Waals surface area contributed by atoms with E-state index in [-0.39, 0.29) is 11.8 Å². The second-order valence-electron chi connectivity index (χ2n) is 4.94. The van der Waals surface area contributed by atoms with Crippen LogP contribution in [0.3, 0.4) is 0 Å². The number of piperidine rings is 2. The summed E-state index contributed by atoms with van der Waals surface area (Å²) in [6.07, 6.45) is 6.53. The first-order valence-corrected chi connectivity index (χ1v) is 6.91. The summed E-state index contributed by atoms with van der Waals surface area (Å²) in [5.41, 5.74) is 0. The van der Waals surface area contributed by atoms with Gasteiger partial charge in [0.25, 0.3) is 0 Å². The Morgan fingerprint density at radius 3 is 2.88 bits per heavy atom. The van der Waals surface area contributed by atoms with Gasteiger partial charge in [0.2, 0.25) is 5.91 Å². The predicted octanol–water partition coefficient (Wildman–Crippen LogP) is 1.61. The molecule has 2 atom stereocenters. The van der Waals surface area contributed by atoms with Gasteiger partial charge in [0.1, 0.15) is 5.88 Å². The number of alkyl halides is 1. The average molecular weight is 245 g/mol. The number of hydrogen-bond acceptors (Lipinski definition) is 2. The number of rotatable bonds is 3. The fraction of sp³-hybridized carbons (Fsp3) is 0.917. The SMILES string of the molecule is O=C(CCl)NC[C@H]1CCCN2CCCC[C@H]12. The predicted molar refractivity (Wildman–Crippen MR) is 65.7 cm³/mol. The van der Waals surface area contributed by atoms with Crippen molar-refractivity contribution in [2.75, 3.05) is 25.5 Å². The Kier molecular flexibility index (Phi) is 4.47. The molecule has 0 aromatic carbocycles. The minimum absolute atomic E-state index is 0.0328. The Bertz CT molecular complexity index is 245. The molecular weight excluding hydrogens is 224 g/mol. The molecule has 2 heterocycles. The van der Waals surface area contributed by atoms with Crippen LogP contribution in [-0.2, 0) is 4.79 Å². The number of nitrogens with zero attached hydrogens (tertiary/aromatic N) is 1. The van der Waals surface area contributed by atoms with Crippen molar-refractivity contribution in [2.45, 2.75) is 38.1 Å². The van der Waals surface area contributed by atoms with Gasteiger partial charge in [-0.1, -0.05) is 6.42 Å². The second-order valence-corrected chi connectivity index (χ2v) is 5.21. The van der Waals surface area contributed by atoms with Crippen molar-refractivity contribution >= 4 is 17.5 Å². The van der Waals surface area contributed by atoms with Crippen LogP contribution < -0.4 is 5.32 Å². The fourth-order valence-corrected chi connectivity index (χ4v) is 3.20. The number of nitrogens with one attached hydrogen (secondary N) is 1. The molecule has 2 saturated heterocycles. The van der Waals surface area contributed by atoms with Crippen LogP contribution in [0.5, 0.6) is 0 Å². The Morgan fingerprint density at radius 1 is 1.25 bits per heavy atom. The van der Waals surface area contributed by atoms with Crippen molar-refractivity contribution < 1.29 is 4.79 Å². The minimum atomic E-state index is -0.0328. The summed E-state index contributed by atoms with van der Waals surface area (Å²) in [5, 5.41) is 2.94. The largest absolute Gasteiger partial charge is 0.355 e. The van der Waals surface area contributed by atoms with Crippen molar-refractivity contribution in [3.8, 4) is 0 Å². The molecule has 0 aromatic rings. The van der Waals surface area contributed by atoms with E-state index in [1.807, 2.05) is 0 Å². The van der Waals surface area contributed by atoms with Crippen LogP contribution in [0.4, 0.5) is 0 Å². The third-order valence-electron chi connectivity index (χ3n) is 3.91. The summed E-state index contributed by atoms with van der Waals surface area (Å²) < 4.78 is 0. The van der Waals surface area contributed by atoms with E-state index in [9.17, 15) is 4.79 Å². The number of amides is 1. The molecule has 92 valence electrons. The molecule has 1 amide bonds. The lowest BCUT2D eigenvalue weighted by atomic mass is 9.83. The van der Waals surface area contributed by atoms with Crippen molar-refractivity contribution in [3.63, 3.8) is 0 Å². The van der Waals surface area contributed by atoms with E-state index in [1.54, 1.807) is 0 Å². The van der Waals surface area contributed by atoms with Gasteiger partial charge in [0.05, 0.1) is 0 Å². The molecule has 0 aliphatic carbocycles. The molecule has 1 N–H and O–H groups in total. The fourth-order valence-electron chi connectivity index (χ4n) is 3.11. The molecule has 0 bridgehead atoms. The molecule has 0 unspecified atom stereocenters. The Hall–Kier alpha value is -0.280. The Labute approximate surface area is 103 Å². The second kappa shape index (κ2) is 5.87. The van der Waals surface area contributed by atoms with Crippen LogP contribution in [0.1, 0.15) is 32.1 Å². The van der Waals surface area contributed by atoms with Gasteiger partial charge in [0.15, 0.2) is 0 Å². The molecule has 2 aliphatic heterocycles. The highest BCUT2D eigenvalue weighted by Crippen LogP contribution is 2.30. The van der Waals surface area contributed by atoms with E-state index in [2.05, 4.69) is 10.2 Å². The summed E-state index contributed by atoms with van der Waals surface area (Å²) in [6.45, 7) is 3.32. The van der Waals surface area contributed by atoms with E-state index >= 15 is 0 Å². The van der Waals surface area contributed by atoms with Gasteiger partial charge >= 0.3 is 0 Å². The smallest absolute Gasteiger partial charge is 0.234 e. The van der Waals surface area contributed by atoms with Gasteiger partial charge in [-0.2, -0.15) is 0 Å². The topological polar surface area (TPSA) is 32.3 Å². The van der Waals surface area contributed by atoms with Crippen molar-refractivity contribution in [2.24, 2.45) is 5.92 Å². The normalized spacial score (nSPS) is 30.8. The first kappa shape index (κ1) is 12.2. The monoisotopic (exact) mass is 244 g/mol. The van der Waals surface area contributed by atoms with Crippen LogP contribution in [0.25, 0.3) is 0 Å². The summed E-state index contributed by atoms with van der Waals surface area (Å²) in [5.74, 6) is 0.692. The maximum Gasteiger partial charge on any atom is 0.234 e. The highest BCUT2D eigenvalue weighted by Gasteiger charge is 2.32. The molecule has 0 aromatic heterocycles. The quantitative estimate of drug-likeness (QED) is 0.765. The molecule has 0 radical (unpaired) electrons. The number of carbonyl (C=O) groups excluding carboxylic acids is 1. The van der Waals surface area contributed by atoms with Gasteiger partial charge in [0, 0.05) is 12.6 Å². The molecule has 2 aliphatic rings. The molecule has 4 heteroatoms. The number of carbonyl (C=O) groups is 1. The lowest BCUT2D eigenvalue weighted by Crippen LogP contribution is -2.51. The standard InChI is InChI=1S/C12H21ClN2O/c13-8-12(16)14-9-10-4-3-7-15-6-2-1-5-11(10)15/h10-11H,1-9H2,(H,14,16)/t10-,11-/m1/s1. The van der Waals surface area contributed by atoms with Crippen LogP contribution in [0, 0.1) is 5.92 Å².